The van der Waals surface area contributed by atoms with E-state index in [0.29, 0.717) is 12.8 Å². The minimum atomic E-state index is -3.73. The summed E-state index contributed by atoms with van der Waals surface area (Å²) in [5, 5.41) is 11.4. The second kappa shape index (κ2) is 9.67. The molecule has 0 radical (unpaired) electrons. The van der Waals surface area contributed by atoms with Crippen LogP contribution in [0.2, 0.25) is 0 Å². The number of amides is 2. The first-order valence-corrected chi connectivity index (χ1v) is 12.8. The van der Waals surface area contributed by atoms with E-state index in [-0.39, 0.29) is 31.5 Å². The number of nitrogens with zero attached hydrogens (tertiary/aromatic N) is 4. The molecule has 0 aliphatic carbocycles. The lowest BCUT2D eigenvalue weighted by Gasteiger charge is -2.50. The lowest BCUT2D eigenvalue weighted by Crippen LogP contribution is -2.73. The predicted molar refractivity (Wildman–Crippen MR) is 122 cm³/mol. The van der Waals surface area contributed by atoms with Crippen LogP contribution in [0.4, 0.5) is 0 Å². The average Bonchev–Trinajstić information content (AvgIpc) is 3.12. The molecule has 2 amide bonds. The van der Waals surface area contributed by atoms with Crippen molar-refractivity contribution >= 4 is 21.8 Å². The van der Waals surface area contributed by atoms with Crippen molar-refractivity contribution in [3.8, 4) is 0 Å². The van der Waals surface area contributed by atoms with Gasteiger partial charge in [-0.1, -0.05) is 30.3 Å². The predicted octanol–water partition coefficient (Wildman–Crippen LogP) is -0.107. The van der Waals surface area contributed by atoms with Crippen LogP contribution in [-0.2, 0) is 31.1 Å². The molecule has 2 heterocycles. The van der Waals surface area contributed by atoms with E-state index in [4.69, 9.17) is 4.84 Å². The van der Waals surface area contributed by atoms with Crippen molar-refractivity contribution in [3.05, 3.63) is 35.9 Å². The third kappa shape index (κ3) is 5.07. The Morgan fingerprint density at radius 2 is 1.91 bits per heavy atom. The second-order valence-electron chi connectivity index (χ2n) is 9.24. The number of carbonyl (C=O) groups is 2. The molecule has 4 atom stereocenters. The van der Waals surface area contributed by atoms with Gasteiger partial charge in [-0.25, -0.2) is 13.5 Å². The highest BCUT2D eigenvalue weighted by Crippen LogP contribution is 2.44. The molecule has 2 saturated heterocycles. The van der Waals surface area contributed by atoms with Gasteiger partial charge in [-0.15, -0.1) is 0 Å². The molecule has 1 aromatic carbocycles. The number of hydrogen-bond acceptors (Lipinski definition) is 7. The SMILES string of the molecule is C[C@@H](O)[C@@H](C(=O)N(C)C)N(C)CC1CCC2(CN(OCc3ccccc3)C2=O)N1S(C)(=O)=O. The molecule has 10 nitrogen and oxygen atoms in total. The van der Waals surface area contributed by atoms with Gasteiger partial charge in [0.2, 0.25) is 15.9 Å². The number of carbonyl (C=O) groups excluding carboxylic acids is 2. The summed E-state index contributed by atoms with van der Waals surface area (Å²) < 4.78 is 26.9. The molecule has 2 aliphatic rings. The molecule has 33 heavy (non-hydrogen) atoms. The highest BCUT2D eigenvalue weighted by molar-refractivity contribution is 7.88. The molecule has 1 N–H and O–H groups in total. The number of rotatable bonds is 9. The van der Waals surface area contributed by atoms with Gasteiger partial charge in [0.1, 0.15) is 18.2 Å². The van der Waals surface area contributed by atoms with E-state index in [1.54, 1.807) is 26.0 Å². The van der Waals surface area contributed by atoms with Crippen LogP contribution >= 0.6 is 0 Å². The number of aliphatic hydroxyl groups is 1. The summed E-state index contributed by atoms with van der Waals surface area (Å²) in [6.45, 7) is 2.12. The molecule has 184 valence electrons. The van der Waals surface area contributed by atoms with Crippen LogP contribution in [-0.4, -0.2) is 109 Å². The topological polar surface area (TPSA) is 111 Å². The molecule has 0 saturated carbocycles. The molecular weight excluding hydrogens is 448 g/mol. The molecule has 3 rings (SSSR count). The smallest absolute Gasteiger partial charge is 0.269 e. The summed E-state index contributed by atoms with van der Waals surface area (Å²) in [5.74, 6) is -0.642. The number of hydroxylamine groups is 2. The third-order valence-electron chi connectivity index (χ3n) is 6.39. The number of β-lactam (4-membered cyclic amide) rings is 1. The normalized spacial score (nSPS) is 25.4. The lowest BCUT2D eigenvalue weighted by molar-refractivity contribution is -0.238. The Bertz CT molecular complexity index is 970. The quantitative estimate of drug-likeness (QED) is 0.489. The van der Waals surface area contributed by atoms with E-state index in [1.807, 2.05) is 30.3 Å². The Morgan fingerprint density at radius 1 is 1.27 bits per heavy atom. The van der Waals surface area contributed by atoms with Crippen LogP contribution in [0.3, 0.4) is 0 Å². The van der Waals surface area contributed by atoms with Crippen molar-refractivity contribution in [1.29, 1.82) is 0 Å². The number of sulfonamides is 1. The zero-order valence-corrected chi connectivity index (χ0v) is 20.7. The van der Waals surface area contributed by atoms with Gasteiger partial charge in [-0.3, -0.25) is 19.3 Å². The van der Waals surface area contributed by atoms with Crippen LogP contribution in [0.15, 0.2) is 30.3 Å². The Hall–Kier alpha value is -2.05. The Labute approximate surface area is 195 Å². The molecule has 11 heteroatoms. The van der Waals surface area contributed by atoms with Gasteiger partial charge >= 0.3 is 0 Å². The van der Waals surface area contributed by atoms with Gasteiger partial charge < -0.3 is 10.0 Å². The third-order valence-corrected chi connectivity index (χ3v) is 7.75. The summed E-state index contributed by atoms with van der Waals surface area (Å²) in [5.41, 5.74) is -0.256. The number of benzene rings is 1. The first-order valence-electron chi connectivity index (χ1n) is 11.0. The average molecular weight is 483 g/mol. The summed E-state index contributed by atoms with van der Waals surface area (Å²) >= 11 is 0. The standard InChI is InChI=1S/C22H34N4O6S/c1-16(27)19(20(28)23(2)3)24(4)13-18-11-12-22(26(18)33(5,30)31)15-25(21(22)29)32-14-17-9-7-6-8-10-17/h6-10,16,18-19,27H,11-15H2,1-5H3/t16-,18?,19+,22?/m1/s1. The lowest BCUT2D eigenvalue weighted by atomic mass is 9.89. The van der Waals surface area contributed by atoms with Crippen molar-refractivity contribution in [1.82, 2.24) is 19.2 Å². The number of aliphatic hydroxyl groups excluding tert-OH is 1. The summed E-state index contributed by atoms with van der Waals surface area (Å²) in [4.78, 5) is 34.4. The maximum Gasteiger partial charge on any atom is 0.269 e. The van der Waals surface area contributed by atoms with Crippen molar-refractivity contribution in [2.45, 2.75) is 50.1 Å². The molecule has 1 spiro atoms. The van der Waals surface area contributed by atoms with E-state index >= 15 is 0 Å². The monoisotopic (exact) mass is 482 g/mol. The first-order chi connectivity index (χ1) is 15.4. The van der Waals surface area contributed by atoms with Crippen molar-refractivity contribution in [3.63, 3.8) is 0 Å². The van der Waals surface area contributed by atoms with Crippen molar-refractivity contribution in [2.75, 3.05) is 40.5 Å². The maximum absolute atomic E-state index is 13.1. The molecule has 0 aromatic heterocycles. The fraction of sp³-hybridized carbons (Fsp3) is 0.636. The molecule has 2 unspecified atom stereocenters. The van der Waals surface area contributed by atoms with Gasteiger partial charge in [0.05, 0.1) is 18.9 Å². The van der Waals surface area contributed by atoms with Crippen molar-refractivity contribution < 1.29 is 28.0 Å². The zero-order chi connectivity index (χ0) is 24.6. The largest absolute Gasteiger partial charge is 0.391 e. The molecule has 0 bridgehead atoms. The zero-order valence-electron chi connectivity index (χ0n) is 19.8. The summed E-state index contributed by atoms with van der Waals surface area (Å²) in [6, 6.07) is 8.10. The molecule has 1 aromatic rings. The van der Waals surface area contributed by atoms with E-state index in [2.05, 4.69) is 0 Å². The fourth-order valence-corrected chi connectivity index (χ4v) is 6.48. The minimum absolute atomic E-state index is 0.155. The van der Waals surface area contributed by atoms with Crippen LogP contribution in [0.25, 0.3) is 0 Å². The van der Waals surface area contributed by atoms with E-state index in [9.17, 15) is 23.1 Å². The summed E-state index contributed by atoms with van der Waals surface area (Å²) in [6.07, 6.45) is 1.01. The van der Waals surface area contributed by atoms with E-state index in [0.717, 1.165) is 11.8 Å². The van der Waals surface area contributed by atoms with Crippen LogP contribution in [0.5, 0.6) is 0 Å². The highest BCUT2D eigenvalue weighted by atomic mass is 32.2. The van der Waals surface area contributed by atoms with Crippen molar-refractivity contribution in [2.24, 2.45) is 0 Å². The fourth-order valence-electron chi connectivity index (χ4n) is 4.91. The van der Waals surface area contributed by atoms with Gasteiger partial charge in [-0.2, -0.15) is 4.31 Å². The van der Waals surface area contributed by atoms with Gasteiger partial charge in [0.25, 0.3) is 5.91 Å². The Balaban J connectivity index is 1.73. The molecule has 2 fully saturated rings. The van der Waals surface area contributed by atoms with Gasteiger partial charge in [0.15, 0.2) is 0 Å². The van der Waals surface area contributed by atoms with E-state index < -0.39 is 33.7 Å². The number of hydrogen-bond donors (Lipinski definition) is 1. The van der Waals surface area contributed by atoms with Gasteiger partial charge in [0, 0.05) is 26.7 Å². The Kier molecular flexibility index (Phi) is 7.49. The van der Waals surface area contributed by atoms with Crippen LogP contribution < -0.4 is 0 Å². The van der Waals surface area contributed by atoms with E-state index in [1.165, 1.54) is 21.2 Å². The first kappa shape index (κ1) is 25.6. The van der Waals surface area contributed by atoms with Crippen LogP contribution in [0, 0.1) is 0 Å². The minimum Gasteiger partial charge on any atom is -0.391 e. The van der Waals surface area contributed by atoms with Gasteiger partial charge in [-0.05, 0) is 32.4 Å². The summed E-state index contributed by atoms with van der Waals surface area (Å²) in [7, 11) is 1.17. The van der Waals surface area contributed by atoms with Crippen LogP contribution in [0.1, 0.15) is 25.3 Å². The Morgan fingerprint density at radius 3 is 2.42 bits per heavy atom. The highest BCUT2D eigenvalue weighted by Gasteiger charge is 2.64. The molecular formula is C22H34N4O6S. The number of likely N-dealkylation sites (N-methyl/N-ethyl adjacent to an activating group) is 2. The maximum atomic E-state index is 13.1. The second-order valence-corrected chi connectivity index (χ2v) is 11.1. The molecule has 2 aliphatic heterocycles.